The standard InChI is InChI=1S/C14H12ClN3O2/c1-3-18-12-11(8(2)17-18)16-13(20-14(12)19)9-6-4-5-7-10(9)15/h4-7H,3H2,1-2H3. The van der Waals surface area contributed by atoms with Crippen molar-refractivity contribution in [1.82, 2.24) is 14.8 Å². The first kappa shape index (κ1) is 12.9. The maximum absolute atomic E-state index is 12.2. The van der Waals surface area contributed by atoms with E-state index >= 15 is 0 Å². The first-order chi connectivity index (χ1) is 9.61. The number of rotatable bonds is 2. The summed E-state index contributed by atoms with van der Waals surface area (Å²) in [5.74, 6) is 0.215. The second-order valence-electron chi connectivity index (χ2n) is 4.38. The Morgan fingerprint density at radius 1 is 1.35 bits per heavy atom. The maximum Gasteiger partial charge on any atom is 0.365 e. The summed E-state index contributed by atoms with van der Waals surface area (Å²) in [6.07, 6.45) is 0. The summed E-state index contributed by atoms with van der Waals surface area (Å²) in [5, 5.41) is 4.78. The normalized spacial score (nSPS) is 11.2. The molecule has 0 unspecified atom stereocenters. The summed E-state index contributed by atoms with van der Waals surface area (Å²) in [4.78, 5) is 16.6. The molecule has 0 aliphatic carbocycles. The molecule has 0 saturated heterocycles. The van der Waals surface area contributed by atoms with Crippen LogP contribution in [0.1, 0.15) is 12.6 Å². The molecule has 2 aromatic heterocycles. The van der Waals surface area contributed by atoms with Crippen molar-refractivity contribution < 1.29 is 4.42 Å². The molecule has 0 radical (unpaired) electrons. The molecule has 0 fully saturated rings. The number of hydrogen-bond acceptors (Lipinski definition) is 4. The minimum atomic E-state index is -0.452. The van der Waals surface area contributed by atoms with Gasteiger partial charge in [0.15, 0.2) is 5.52 Å². The SMILES string of the molecule is CCn1nc(C)c2nc(-c3ccccc3Cl)oc(=O)c21. The van der Waals surface area contributed by atoms with E-state index in [-0.39, 0.29) is 5.89 Å². The second-order valence-corrected chi connectivity index (χ2v) is 4.79. The quantitative estimate of drug-likeness (QED) is 0.727. The molecule has 1 aromatic carbocycles. The molecular weight excluding hydrogens is 278 g/mol. The third-order valence-corrected chi connectivity index (χ3v) is 3.43. The molecule has 2 heterocycles. The maximum atomic E-state index is 12.2. The van der Waals surface area contributed by atoms with Crippen LogP contribution >= 0.6 is 11.6 Å². The van der Waals surface area contributed by atoms with Crippen molar-refractivity contribution in [1.29, 1.82) is 0 Å². The van der Waals surface area contributed by atoms with E-state index in [2.05, 4.69) is 10.1 Å². The number of benzene rings is 1. The van der Waals surface area contributed by atoms with Gasteiger partial charge in [-0.05, 0) is 26.0 Å². The van der Waals surface area contributed by atoms with E-state index in [4.69, 9.17) is 16.0 Å². The largest absolute Gasteiger partial charge is 0.402 e. The van der Waals surface area contributed by atoms with Crippen molar-refractivity contribution in [3.63, 3.8) is 0 Å². The van der Waals surface area contributed by atoms with Gasteiger partial charge in [-0.15, -0.1) is 0 Å². The zero-order chi connectivity index (χ0) is 14.3. The molecular formula is C14H12ClN3O2. The highest BCUT2D eigenvalue weighted by Gasteiger charge is 2.17. The lowest BCUT2D eigenvalue weighted by atomic mass is 10.2. The fraction of sp³-hybridized carbons (Fsp3) is 0.214. The smallest absolute Gasteiger partial charge is 0.365 e. The lowest BCUT2D eigenvalue weighted by Crippen LogP contribution is -2.08. The summed E-state index contributed by atoms with van der Waals surface area (Å²) in [5.41, 5.74) is 1.78. The van der Waals surface area contributed by atoms with Crippen LogP contribution in [0.25, 0.3) is 22.5 Å². The van der Waals surface area contributed by atoms with Crippen molar-refractivity contribution in [2.24, 2.45) is 0 Å². The molecule has 0 saturated carbocycles. The monoisotopic (exact) mass is 289 g/mol. The molecule has 3 aromatic rings. The van der Waals surface area contributed by atoms with Crippen LogP contribution in [0, 0.1) is 6.92 Å². The van der Waals surface area contributed by atoms with E-state index in [1.165, 1.54) is 0 Å². The van der Waals surface area contributed by atoms with Gasteiger partial charge in [0.1, 0.15) is 5.52 Å². The van der Waals surface area contributed by atoms with Crippen molar-refractivity contribution in [2.45, 2.75) is 20.4 Å². The highest BCUT2D eigenvalue weighted by atomic mass is 35.5. The molecule has 0 atom stereocenters. The summed E-state index contributed by atoms with van der Waals surface area (Å²) in [6, 6.07) is 7.11. The molecule has 0 aliphatic heterocycles. The predicted molar refractivity (Wildman–Crippen MR) is 76.9 cm³/mol. The molecule has 5 nitrogen and oxygen atoms in total. The first-order valence-corrected chi connectivity index (χ1v) is 6.62. The molecule has 0 bridgehead atoms. The Kier molecular flexibility index (Phi) is 3.06. The van der Waals surface area contributed by atoms with Crippen molar-refractivity contribution in [3.8, 4) is 11.5 Å². The Balaban J connectivity index is 2.34. The zero-order valence-electron chi connectivity index (χ0n) is 11.1. The van der Waals surface area contributed by atoms with Crippen molar-refractivity contribution in [3.05, 3.63) is 45.4 Å². The zero-order valence-corrected chi connectivity index (χ0v) is 11.8. The van der Waals surface area contributed by atoms with Crippen LogP contribution in [0.3, 0.4) is 0 Å². The Morgan fingerprint density at radius 3 is 2.80 bits per heavy atom. The summed E-state index contributed by atoms with van der Waals surface area (Å²) >= 11 is 6.11. The minimum absolute atomic E-state index is 0.215. The fourth-order valence-electron chi connectivity index (χ4n) is 2.15. The summed E-state index contributed by atoms with van der Waals surface area (Å²) < 4.78 is 6.90. The summed E-state index contributed by atoms with van der Waals surface area (Å²) in [7, 11) is 0. The van der Waals surface area contributed by atoms with Crippen LogP contribution in [0.5, 0.6) is 0 Å². The van der Waals surface area contributed by atoms with Gasteiger partial charge in [0, 0.05) is 6.54 Å². The number of halogens is 1. The van der Waals surface area contributed by atoms with E-state index in [1.807, 2.05) is 26.0 Å². The second kappa shape index (κ2) is 4.76. The number of aromatic nitrogens is 3. The number of aryl methyl sites for hydroxylation is 2. The third kappa shape index (κ3) is 1.91. The first-order valence-electron chi connectivity index (χ1n) is 6.25. The summed E-state index contributed by atoms with van der Waals surface area (Å²) in [6.45, 7) is 4.31. The Morgan fingerprint density at radius 2 is 2.10 bits per heavy atom. The fourth-order valence-corrected chi connectivity index (χ4v) is 2.36. The van der Waals surface area contributed by atoms with Gasteiger partial charge < -0.3 is 4.42 Å². The number of hydrogen-bond donors (Lipinski definition) is 0. The molecule has 20 heavy (non-hydrogen) atoms. The van der Waals surface area contributed by atoms with Crippen molar-refractivity contribution in [2.75, 3.05) is 0 Å². The van der Waals surface area contributed by atoms with Gasteiger partial charge >= 0.3 is 5.63 Å². The molecule has 102 valence electrons. The van der Waals surface area contributed by atoms with Gasteiger partial charge in [0.2, 0.25) is 5.89 Å². The average Bonchev–Trinajstić information content (AvgIpc) is 2.76. The van der Waals surface area contributed by atoms with E-state index in [0.29, 0.717) is 33.9 Å². The van der Waals surface area contributed by atoms with Crippen LogP contribution in [0.15, 0.2) is 33.5 Å². The number of nitrogens with zero attached hydrogens (tertiary/aromatic N) is 3. The van der Waals surface area contributed by atoms with Crippen LogP contribution < -0.4 is 5.63 Å². The predicted octanol–water partition coefficient (Wildman–Crippen LogP) is 3.03. The molecule has 3 rings (SSSR count). The van der Waals surface area contributed by atoms with Gasteiger partial charge in [0.25, 0.3) is 0 Å². The molecule has 0 spiro atoms. The topological polar surface area (TPSA) is 60.9 Å². The van der Waals surface area contributed by atoms with Crippen LogP contribution in [0.2, 0.25) is 5.02 Å². The van der Waals surface area contributed by atoms with Gasteiger partial charge in [-0.3, -0.25) is 4.68 Å². The van der Waals surface area contributed by atoms with E-state index in [1.54, 1.807) is 16.8 Å². The van der Waals surface area contributed by atoms with Gasteiger partial charge in [0.05, 0.1) is 16.3 Å². The molecule has 0 aliphatic rings. The van der Waals surface area contributed by atoms with Crippen LogP contribution in [-0.2, 0) is 6.54 Å². The van der Waals surface area contributed by atoms with E-state index in [0.717, 1.165) is 0 Å². The lowest BCUT2D eigenvalue weighted by Gasteiger charge is -2.02. The Hall–Kier alpha value is -2.14. The lowest BCUT2D eigenvalue weighted by molar-refractivity contribution is 0.511. The number of fused-ring (bicyclic) bond motifs is 1. The van der Waals surface area contributed by atoms with Gasteiger partial charge in [-0.25, -0.2) is 9.78 Å². The molecule has 0 N–H and O–H groups in total. The Bertz CT molecular complexity index is 851. The molecule has 0 amide bonds. The Labute approximate surface area is 119 Å². The van der Waals surface area contributed by atoms with Gasteiger partial charge in [-0.1, -0.05) is 23.7 Å². The van der Waals surface area contributed by atoms with Crippen LogP contribution in [0.4, 0.5) is 0 Å². The highest BCUT2D eigenvalue weighted by molar-refractivity contribution is 6.33. The highest BCUT2D eigenvalue weighted by Crippen LogP contribution is 2.26. The van der Waals surface area contributed by atoms with Gasteiger partial charge in [-0.2, -0.15) is 5.10 Å². The third-order valence-electron chi connectivity index (χ3n) is 3.10. The minimum Gasteiger partial charge on any atom is -0.402 e. The van der Waals surface area contributed by atoms with Crippen molar-refractivity contribution >= 4 is 22.6 Å². The van der Waals surface area contributed by atoms with E-state index < -0.39 is 5.63 Å². The molecule has 6 heteroatoms. The van der Waals surface area contributed by atoms with Crippen LogP contribution in [-0.4, -0.2) is 14.8 Å². The average molecular weight is 290 g/mol. The van der Waals surface area contributed by atoms with E-state index in [9.17, 15) is 4.79 Å².